The molecule has 0 aliphatic rings. The van der Waals surface area contributed by atoms with Crippen molar-refractivity contribution in [2.24, 2.45) is 0 Å². The Kier molecular flexibility index (Phi) is 7.33. The zero-order valence-electron chi connectivity index (χ0n) is 18.9. The van der Waals surface area contributed by atoms with Crippen molar-refractivity contribution in [2.45, 2.75) is 39.2 Å². The smallest absolute Gasteiger partial charge is 0.243 e. The van der Waals surface area contributed by atoms with Crippen LogP contribution in [0.3, 0.4) is 0 Å². The number of imidazole rings is 1. The van der Waals surface area contributed by atoms with Crippen LogP contribution in [0.4, 0.5) is 0 Å². The lowest BCUT2D eigenvalue weighted by atomic mass is 10.1. The highest BCUT2D eigenvalue weighted by atomic mass is 16.5. The van der Waals surface area contributed by atoms with E-state index in [0.717, 1.165) is 42.0 Å². The van der Waals surface area contributed by atoms with Gasteiger partial charge in [0.05, 0.1) is 5.69 Å². The first-order chi connectivity index (χ1) is 16.1. The number of amides is 1. The van der Waals surface area contributed by atoms with Gasteiger partial charge in [0, 0.05) is 30.6 Å². The Labute approximate surface area is 194 Å². The molecule has 1 heterocycles. The molecule has 3 aromatic carbocycles. The number of carbonyl (C=O) groups is 1. The van der Waals surface area contributed by atoms with Gasteiger partial charge in [-0.15, -0.1) is 0 Å². The number of hydroxylamine groups is 1. The number of nitrogens with zero attached hydrogens (tertiary/aromatic N) is 2. The van der Waals surface area contributed by atoms with Crippen LogP contribution in [0.5, 0.6) is 0 Å². The number of hydrogen-bond acceptors (Lipinski definition) is 3. The highest BCUT2D eigenvalue weighted by Gasteiger charge is 2.17. The van der Waals surface area contributed by atoms with Crippen LogP contribution in [0.2, 0.25) is 0 Å². The van der Waals surface area contributed by atoms with E-state index >= 15 is 0 Å². The maximum Gasteiger partial charge on any atom is 0.243 e. The molecule has 0 radical (unpaired) electrons. The molecule has 2 N–H and O–H groups in total. The Morgan fingerprint density at radius 1 is 0.879 bits per heavy atom. The average molecular weight is 440 g/mol. The molecule has 1 aromatic heterocycles. The van der Waals surface area contributed by atoms with E-state index in [1.54, 1.807) is 5.48 Å². The van der Waals surface area contributed by atoms with Gasteiger partial charge >= 0.3 is 0 Å². The molecule has 5 heteroatoms. The van der Waals surface area contributed by atoms with Crippen molar-refractivity contribution in [3.8, 4) is 11.4 Å². The molecule has 0 spiro atoms. The minimum atomic E-state index is -0.384. The van der Waals surface area contributed by atoms with Gasteiger partial charge in [-0.2, -0.15) is 0 Å². The van der Waals surface area contributed by atoms with Crippen molar-refractivity contribution >= 4 is 5.91 Å². The highest BCUT2D eigenvalue weighted by Crippen LogP contribution is 2.26. The number of rotatable bonds is 9. The second-order valence-electron chi connectivity index (χ2n) is 8.25. The molecule has 0 atom stereocenters. The third-order valence-corrected chi connectivity index (χ3v) is 5.90. The summed E-state index contributed by atoms with van der Waals surface area (Å²) in [6.07, 6.45) is 2.54. The molecule has 0 aliphatic carbocycles. The topological polar surface area (TPSA) is 67.2 Å². The monoisotopic (exact) mass is 439 g/mol. The third-order valence-electron chi connectivity index (χ3n) is 5.90. The summed E-state index contributed by atoms with van der Waals surface area (Å²) >= 11 is 0. The van der Waals surface area contributed by atoms with E-state index in [4.69, 9.17) is 10.2 Å². The van der Waals surface area contributed by atoms with Gasteiger partial charge in [-0.3, -0.25) is 10.0 Å². The Morgan fingerprint density at radius 2 is 1.55 bits per heavy atom. The number of benzene rings is 3. The first-order valence-corrected chi connectivity index (χ1v) is 11.3. The molecule has 4 aromatic rings. The Bertz CT molecular complexity index is 1200. The van der Waals surface area contributed by atoms with Crippen LogP contribution in [0, 0.1) is 6.92 Å². The summed E-state index contributed by atoms with van der Waals surface area (Å²) in [5.41, 5.74) is 8.58. The summed E-state index contributed by atoms with van der Waals surface area (Å²) in [7, 11) is 0. The quantitative estimate of drug-likeness (QED) is 0.281. The molecule has 168 valence electrons. The minimum absolute atomic E-state index is 0.237. The first kappa shape index (κ1) is 22.5. The summed E-state index contributed by atoms with van der Waals surface area (Å²) in [4.78, 5) is 16.4. The van der Waals surface area contributed by atoms with Gasteiger partial charge in [0.15, 0.2) is 0 Å². The molecule has 0 bridgehead atoms. The lowest BCUT2D eigenvalue weighted by molar-refractivity contribution is -0.129. The normalized spacial score (nSPS) is 10.8. The maximum atomic E-state index is 11.5. The molecule has 0 saturated heterocycles. The molecule has 0 fully saturated rings. The zero-order chi connectivity index (χ0) is 23.0. The summed E-state index contributed by atoms with van der Waals surface area (Å²) in [5.74, 6) is 0.563. The van der Waals surface area contributed by atoms with E-state index in [2.05, 4.69) is 72.2 Å². The van der Waals surface area contributed by atoms with Crippen molar-refractivity contribution in [1.29, 1.82) is 0 Å². The number of nitrogens with one attached hydrogen (secondary N) is 1. The van der Waals surface area contributed by atoms with Crippen LogP contribution in [-0.4, -0.2) is 20.7 Å². The van der Waals surface area contributed by atoms with Crippen LogP contribution < -0.4 is 5.48 Å². The van der Waals surface area contributed by atoms with Gasteiger partial charge in [0.1, 0.15) is 5.82 Å². The van der Waals surface area contributed by atoms with Crippen molar-refractivity contribution in [2.75, 3.05) is 0 Å². The van der Waals surface area contributed by atoms with Gasteiger partial charge in [-0.05, 0) is 42.5 Å². The summed E-state index contributed by atoms with van der Waals surface area (Å²) in [5, 5.41) is 8.78. The molecular formula is C28H29N3O2. The Morgan fingerprint density at radius 3 is 2.24 bits per heavy atom. The standard InChI is InChI=1S/C28H29N3O2/c1-21-26(20-23-11-6-3-7-12-23)31(18-17-22-9-4-2-5-10-22)28(29-21)25-14-8-13-24(19-25)15-16-27(32)30-33/h2-14,19,33H,15-18,20H2,1H3,(H,30,32). The second kappa shape index (κ2) is 10.7. The average Bonchev–Trinajstić information content (AvgIpc) is 3.17. The van der Waals surface area contributed by atoms with Crippen LogP contribution in [0.15, 0.2) is 84.9 Å². The highest BCUT2D eigenvalue weighted by molar-refractivity contribution is 5.74. The lowest BCUT2D eigenvalue weighted by Gasteiger charge is -2.14. The summed E-state index contributed by atoms with van der Waals surface area (Å²) in [6.45, 7) is 2.91. The number of aryl methyl sites for hydroxylation is 3. The van der Waals surface area contributed by atoms with Gasteiger partial charge in [0.25, 0.3) is 0 Å². The Balaban J connectivity index is 1.68. The fourth-order valence-electron chi connectivity index (χ4n) is 4.15. The predicted molar refractivity (Wildman–Crippen MR) is 130 cm³/mol. The number of carbonyl (C=O) groups excluding carboxylic acids is 1. The Hall–Kier alpha value is -3.70. The lowest BCUT2D eigenvalue weighted by Crippen LogP contribution is -2.18. The van der Waals surface area contributed by atoms with Crippen molar-refractivity contribution in [3.05, 3.63) is 113 Å². The van der Waals surface area contributed by atoms with E-state index in [1.807, 2.05) is 24.3 Å². The van der Waals surface area contributed by atoms with E-state index in [-0.39, 0.29) is 12.3 Å². The van der Waals surface area contributed by atoms with E-state index in [0.29, 0.717) is 6.42 Å². The van der Waals surface area contributed by atoms with Gasteiger partial charge in [0.2, 0.25) is 5.91 Å². The van der Waals surface area contributed by atoms with Crippen LogP contribution in [0.25, 0.3) is 11.4 Å². The summed E-state index contributed by atoms with van der Waals surface area (Å²) < 4.78 is 2.34. The molecule has 0 unspecified atom stereocenters. The van der Waals surface area contributed by atoms with Gasteiger partial charge in [-0.1, -0.05) is 78.9 Å². The van der Waals surface area contributed by atoms with Crippen LogP contribution >= 0.6 is 0 Å². The number of aromatic nitrogens is 2. The molecule has 33 heavy (non-hydrogen) atoms. The van der Waals surface area contributed by atoms with Crippen molar-refractivity contribution in [1.82, 2.24) is 15.0 Å². The van der Waals surface area contributed by atoms with E-state index in [1.165, 1.54) is 16.8 Å². The van der Waals surface area contributed by atoms with E-state index in [9.17, 15) is 4.79 Å². The van der Waals surface area contributed by atoms with Crippen molar-refractivity contribution < 1.29 is 10.0 Å². The maximum absolute atomic E-state index is 11.5. The molecular weight excluding hydrogens is 410 g/mol. The molecule has 0 aliphatic heterocycles. The molecule has 0 saturated carbocycles. The second-order valence-corrected chi connectivity index (χ2v) is 8.25. The summed E-state index contributed by atoms with van der Waals surface area (Å²) in [6, 6.07) is 29.2. The predicted octanol–water partition coefficient (Wildman–Crippen LogP) is 5.13. The van der Waals surface area contributed by atoms with Crippen LogP contribution in [0.1, 0.15) is 34.5 Å². The zero-order valence-corrected chi connectivity index (χ0v) is 18.9. The van der Waals surface area contributed by atoms with Crippen molar-refractivity contribution in [3.63, 3.8) is 0 Å². The largest absolute Gasteiger partial charge is 0.327 e. The fourth-order valence-corrected chi connectivity index (χ4v) is 4.15. The third kappa shape index (κ3) is 5.76. The molecule has 5 nitrogen and oxygen atoms in total. The van der Waals surface area contributed by atoms with Gasteiger partial charge in [-0.25, -0.2) is 10.5 Å². The molecule has 1 amide bonds. The molecule has 4 rings (SSSR count). The number of hydrogen-bond donors (Lipinski definition) is 2. The minimum Gasteiger partial charge on any atom is -0.327 e. The fraction of sp³-hybridized carbons (Fsp3) is 0.214. The van der Waals surface area contributed by atoms with Crippen LogP contribution in [-0.2, 0) is 30.6 Å². The van der Waals surface area contributed by atoms with Gasteiger partial charge < -0.3 is 4.57 Å². The SMILES string of the molecule is Cc1nc(-c2cccc(CCC(=O)NO)c2)n(CCc2ccccc2)c1Cc1ccccc1. The van der Waals surface area contributed by atoms with E-state index < -0.39 is 0 Å². The first-order valence-electron chi connectivity index (χ1n) is 11.3.